The van der Waals surface area contributed by atoms with Crippen LogP contribution in [0.15, 0.2) is 78.9 Å². The van der Waals surface area contributed by atoms with Gasteiger partial charge in [0.2, 0.25) is 11.8 Å². The number of hydrogen-bond acceptors (Lipinski definition) is 3. The van der Waals surface area contributed by atoms with Gasteiger partial charge in [-0.05, 0) is 67.6 Å². The molecule has 3 aromatic carbocycles. The summed E-state index contributed by atoms with van der Waals surface area (Å²) in [4.78, 5) is 29.4. The van der Waals surface area contributed by atoms with Crippen LogP contribution in [0, 0.1) is 13.8 Å². The average molecular weight is 470 g/mol. The predicted molar refractivity (Wildman–Crippen MR) is 143 cm³/mol. The van der Waals surface area contributed by atoms with Crippen molar-refractivity contribution >= 4 is 23.2 Å². The second-order valence-corrected chi connectivity index (χ2v) is 9.42. The second-order valence-electron chi connectivity index (χ2n) is 9.42. The third kappa shape index (κ3) is 6.30. The van der Waals surface area contributed by atoms with Crippen LogP contribution in [0.2, 0.25) is 0 Å². The number of aryl methyl sites for hydroxylation is 2. The molecule has 0 aliphatic heterocycles. The van der Waals surface area contributed by atoms with Crippen LogP contribution in [0.3, 0.4) is 0 Å². The molecule has 0 saturated heterocycles. The molecule has 0 spiro atoms. The molecule has 1 atom stereocenters. The van der Waals surface area contributed by atoms with Crippen LogP contribution in [0.4, 0.5) is 11.4 Å². The van der Waals surface area contributed by atoms with Crippen molar-refractivity contribution in [2.45, 2.75) is 58.0 Å². The molecule has 0 radical (unpaired) electrons. The number of para-hydroxylation sites is 1. The van der Waals surface area contributed by atoms with Gasteiger partial charge in [0.05, 0.1) is 6.54 Å². The molecule has 5 heteroatoms. The molecule has 2 amide bonds. The Balaban J connectivity index is 1.71. The summed E-state index contributed by atoms with van der Waals surface area (Å²) in [5, 5.41) is 6.51. The molecule has 4 rings (SSSR count). The van der Waals surface area contributed by atoms with Gasteiger partial charge in [-0.2, -0.15) is 0 Å². The van der Waals surface area contributed by atoms with E-state index in [4.69, 9.17) is 0 Å². The molecule has 1 saturated carbocycles. The van der Waals surface area contributed by atoms with E-state index in [-0.39, 0.29) is 24.4 Å². The Kier molecular flexibility index (Phi) is 8.19. The lowest BCUT2D eigenvalue weighted by molar-refractivity contribution is -0.126. The van der Waals surface area contributed by atoms with Crippen molar-refractivity contribution in [1.82, 2.24) is 5.32 Å². The van der Waals surface area contributed by atoms with Crippen LogP contribution < -0.4 is 15.5 Å². The fraction of sp³-hybridized carbons (Fsp3) is 0.333. The number of benzene rings is 3. The van der Waals surface area contributed by atoms with Crippen molar-refractivity contribution in [3.63, 3.8) is 0 Å². The summed E-state index contributed by atoms with van der Waals surface area (Å²) in [6.45, 7) is 4.08. The number of nitrogens with one attached hydrogen (secondary N) is 2. The van der Waals surface area contributed by atoms with Gasteiger partial charge in [-0.3, -0.25) is 14.5 Å². The van der Waals surface area contributed by atoms with Gasteiger partial charge in [-0.25, -0.2) is 0 Å². The molecule has 1 aliphatic carbocycles. The maximum Gasteiger partial charge on any atom is 0.248 e. The van der Waals surface area contributed by atoms with Gasteiger partial charge in [0.25, 0.3) is 0 Å². The molecule has 1 fully saturated rings. The number of carbonyl (C=O) groups excluding carboxylic acids is 2. The smallest absolute Gasteiger partial charge is 0.248 e. The molecule has 0 heterocycles. The number of anilines is 2. The number of rotatable bonds is 8. The van der Waals surface area contributed by atoms with E-state index in [0.717, 1.165) is 53.7 Å². The van der Waals surface area contributed by atoms with Gasteiger partial charge < -0.3 is 10.6 Å². The van der Waals surface area contributed by atoms with E-state index in [1.54, 1.807) is 4.90 Å². The van der Waals surface area contributed by atoms with Gasteiger partial charge >= 0.3 is 0 Å². The highest BCUT2D eigenvalue weighted by Crippen LogP contribution is 2.31. The Bertz CT molecular complexity index is 1140. The van der Waals surface area contributed by atoms with Crippen LogP contribution in [-0.2, 0) is 9.59 Å². The summed E-state index contributed by atoms with van der Waals surface area (Å²) in [6, 6.07) is 24.7. The first kappa shape index (κ1) is 24.5. The normalized spacial score (nSPS) is 14.7. The van der Waals surface area contributed by atoms with Crippen LogP contribution in [0.1, 0.15) is 54.8 Å². The Hall–Kier alpha value is -3.60. The van der Waals surface area contributed by atoms with E-state index in [0.29, 0.717) is 0 Å². The second kappa shape index (κ2) is 11.7. The molecule has 2 N–H and O–H groups in total. The largest absolute Gasteiger partial charge is 0.376 e. The summed E-state index contributed by atoms with van der Waals surface area (Å²) in [6.07, 6.45) is 5.44. The number of nitrogens with zero attached hydrogens (tertiary/aromatic N) is 1. The van der Waals surface area contributed by atoms with E-state index in [1.165, 1.54) is 6.42 Å². The molecule has 3 aromatic rings. The number of carbonyl (C=O) groups is 2. The van der Waals surface area contributed by atoms with Gasteiger partial charge in [-0.15, -0.1) is 0 Å². The van der Waals surface area contributed by atoms with E-state index in [2.05, 4.69) is 10.6 Å². The highest BCUT2D eigenvalue weighted by atomic mass is 16.2. The van der Waals surface area contributed by atoms with Crippen molar-refractivity contribution < 1.29 is 9.59 Å². The van der Waals surface area contributed by atoms with Crippen molar-refractivity contribution in [2.24, 2.45) is 0 Å². The fourth-order valence-corrected chi connectivity index (χ4v) is 4.85. The highest BCUT2D eigenvalue weighted by Gasteiger charge is 2.34. The first-order valence-electron chi connectivity index (χ1n) is 12.6. The number of hydrogen-bond donors (Lipinski definition) is 2. The van der Waals surface area contributed by atoms with Crippen molar-refractivity contribution in [1.29, 1.82) is 0 Å². The summed E-state index contributed by atoms with van der Waals surface area (Å²) < 4.78 is 0. The van der Waals surface area contributed by atoms with Crippen LogP contribution >= 0.6 is 0 Å². The number of amides is 2. The third-order valence-corrected chi connectivity index (χ3v) is 6.71. The first-order valence-corrected chi connectivity index (χ1v) is 12.6. The molecule has 182 valence electrons. The van der Waals surface area contributed by atoms with Gasteiger partial charge in [0, 0.05) is 17.4 Å². The minimum Gasteiger partial charge on any atom is -0.376 e. The lowest BCUT2D eigenvalue weighted by Crippen LogP contribution is -2.48. The SMILES string of the molecule is Cc1cccc(N(C(=O)CNc2ccccc2)C(C(=O)NC2CCCCC2)c2ccccc2C)c1. The summed E-state index contributed by atoms with van der Waals surface area (Å²) in [5.74, 6) is -0.285. The fourth-order valence-electron chi connectivity index (χ4n) is 4.85. The Morgan fingerprint density at radius 2 is 1.60 bits per heavy atom. The van der Waals surface area contributed by atoms with Crippen molar-refractivity contribution in [3.05, 3.63) is 95.6 Å². The van der Waals surface area contributed by atoms with Gasteiger partial charge in [-0.1, -0.05) is 73.9 Å². The maximum absolute atomic E-state index is 13.9. The summed E-state index contributed by atoms with van der Waals surface area (Å²) in [7, 11) is 0. The first-order chi connectivity index (χ1) is 17.0. The van der Waals surface area contributed by atoms with Crippen LogP contribution in [0.25, 0.3) is 0 Å². The lowest BCUT2D eigenvalue weighted by Gasteiger charge is -2.34. The Labute approximate surface area is 208 Å². The monoisotopic (exact) mass is 469 g/mol. The van der Waals surface area contributed by atoms with Crippen LogP contribution in [0.5, 0.6) is 0 Å². The van der Waals surface area contributed by atoms with Crippen molar-refractivity contribution in [3.8, 4) is 0 Å². The maximum atomic E-state index is 13.9. The molecule has 0 bridgehead atoms. The minimum absolute atomic E-state index is 0.0804. The third-order valence-electron chi connectivity index (χ3n) is 6.71. The molecular formula is C30H35N3O2. The Morgan fingerprint density at radius 1 is 0.886 bits per heavy atom. The van der Waals surface area contributed by atoms with E-state index >= 15 is 0 Å². The zero-order valence-electron chi connectivity index (χ0n) is 20.7. The van der Waals surface area contributed by atoms with Gasteiger partial charge in [0.15, 0.2) is 0 Å². The molecule has 1 unspecified atom stereocenters. The predicted octanol–water partition coefficient (Wildman–Crippen LogP) is 5.94. The standard InChI is InChI=1S/C30H35N3O2/c1-22-12-11-18-26(20-22)33(28(34)21-31-24-14-5-3-6-15-24)29(27-19-10-9-13-23(27)2)30(35)32-25-16-7-4-8-17-25/h3,5-6,9-15,18-20,25,29,31H,4,7-8,16-17,21H2,1-2H3,(H,32,35). The molecule has 5 nitrogen and oxygen atoms in total. The van der Waals surface area contributed by atoms with Gasteiger partial charge in [0.1, 0.15) is 6.04 Å². The van der Waals surface area contributed by atoms with Crippen LogP contribution in [-0.4, -0.2) is 24.4 Å². The molecule has 1 aliphatic rings. The molecular weight excluding hydrogens is 434 g/mol. The zero-order chi connectivity index (χ0) is 24.6. The van der Waals surface area contributed by atoms with E-state index in [1.807, 2.05) is 92.7 Å². The minimum atomic E-state index is -0.759. The summed E-state index contributed by atoms with van der Waals surface area (Å²) >= 11 is 0. The molecule has 35 heavy (non-hydrogen) atoms. The van der Waals surface area contributed by atoms with E-state index in [9.17, 15) is 9.59 Å². The topological polar surface area (TPSA) is 61.4 Å². The Morgan fingerprint density at radius 3 is 2.31 bits per heavy atom. The average Bonchev–Trinajstić information content (AvgIpc) is 2.87. The summed E-state index contributed by atoms with van der Waals surface area (Å²) in [5.41, 5.74) is 4.45. The zero-order valence-corrected chi connectivity index (χ0v) is 20.7. The van der Waals surface area contributed by atoms with Crippen molar-refractivity contribution in [2.75, 3.05) is 16.8 Å². The lowest BCUT2D eigenvalue weighted by atomic mass is 9.93. The molecule has 0 aromatic heterocycles. The quantitative estimate of drug-likeness (QED) is 0.429. The van der Waals surface area contributed by atoms with E-state index < -0.39 is 6.04 Å². The highest BCUT2D eigenvalue weighted by molar-refractivity contribution is 6.03.